The SMILES string of the molecule is COC(=O)c1cc2ccccc2c(N2CCCc3cc(-c4cncnc4)c(C(F)F)cc32)n1. The molecular weight excluding hydrogens is 426 g/mol. The molecule has 6 nitrogen and oxygen atoms in total. The van der Waals surface area contributed by atoms with Gasteiger partial charge in [-0.1, -0.05) is 24.3 Å². The first-order valence-corrected chi connectivity index (χ1v) is 10.5. The number of aromatic nitrogens is 3. The van der Waals surface area contributed by atoms with Crippen molar-refractivity contribution in [3.8, 4) is 11.1 Å². The van der Waals surface area contributed by atoms with Crippen LogP contribution in [0.15, 0.2) is 61.2 Å². The summed E-state index contributed by atoms with van der Waals surface area (Å²) in [4.78, 5) is 26.8. The Kier molecular flexibility index (Phi) is 5.42. The van der Waals surface area contributed by atoms with Crippen LogP contribution in [0.1, 0.15) is 34.5 Å². The van der Waals surface area contributed by atoms with Gasteiger partial charge in [-0.05, 0) is 47.6 Å². The van der Waals surface area contributed by atoms with Crippen LogP contribution in [0, 0.1) is 0 Å². The highest BCUT2D eigenvalue weighted by Gasteiger charge is 2.27. The van der Waals surface area contributed by atoms with Crippen molar-refractivity contribution < 1.29 is 18.3 Å². The van der Waals surface area contributed by atoms with Crippen LogP contribution in [0.3, 0.4) is 0 Å². The summed E-state index contributed by atoms with van der Waals surface area (Å²) in [6.07, 6.45) is 3.32. The molecule has 0 atom stereocenters. The third-order valence-electron chi connectivity index (χ3n) is 5.85. The molecule has 8 heteroatoms. The summed E-state index contributed by atoms with van der Waals surface area (Å²) in [5.41, 5.74) is 2.64. The van der Waals surface area contributed by atoms with Crippen molar-refractivity contribution in [3.05, 3.63) is 78.0 Å². The molecule has 0 fully saturated rings. The van der Waals surface area contributed by atoms with Crippen molar-refractivity contribution in [2.24, 2.45) is 0 Å². The van der Waals surface area contributed by atoms with Crippen molar-refractivity contribution in [2.45, 2.75) is 19.3 Å². The second-order valence-corrected chi connectivity index (χ2v) is 7.80. The van der Waals surface area contributed by atoms with Gasteiger partial charge in [0.2, 0.25) is 0 Å². The highest BCUT2D eigenvalue weighted by Crippen LogP contribution is 2.42. The molecule has 4 aromatic rings. The third kappa shape index (κ3) is 3.77. The minimum Gasteiger partial charge on any atom is -0.464 e. The highest BCUT2D eigenvalue weighted by atomic mass is 19.3. The van der Waals surface area contributed by atoms with E-state index in [1.807, 2.05) is 29.2 Å². The summed E-state index contributed by atoms with van der Waals surface area (Å²) in [6, 6.07) is 12.6. The van der Waals surface area contributed by atoms with E-state index in [0.717, 1.165) is 29.2 Å². The predicted octanol–water partition coefficient (Wildman–Crippen LogP) is 5.50. The minimum atomic E-state index is -2.68. The van der Waals surface area contributed by atoms with Crippen LogP contribution in [0.5, 0.6) is 0 Å². The number of hydrogen-bond donors (Lipinski definition) is 0. The van der Waals surface area contributed by atoms with E-state index in [9.17, 15) is 13.6 Å². The zero-order valence-electron chi connectivity index (χ0n) is 17.8. The Morgan fingerprint density at radius 3 is 2.67 bits per heavy atom. The Labute approximate surface area is 188 Å². The van der Waals surface area contributed by atoms with Gasteiger partial charge in [-0.2, -0.15) is 0 Å². The number of nitrogens with zero attached hydrogens (tertiary/aromatic N) is 4. The number of anilines is 2. The predicted molar refractivity (Wildman–Crippen MR) is 121 cm³/mol. The molecule has 0 bridgehead atoms. The second-order valence-electron chi connectivity index (χ2n) is 7.80. The molecule has 0 saturated heterocycles. The number of fused-ring (bicyclic) bond motifs is 2. The van der Waals surface area contributed by atoms with Gasteiger partial charge in [0.1, 0.15) is 12.1 Å². The lowest BCUT2D eigenvalue weighted by Gasteiger charge is -2.32. The fourth-order valence-corrected chi connectivity index (χ4v) is 4.33. The van der Waals surface area contributed by atoms with E-state index >= 15 is 0 Å². The number of rotatable bonds is 4. The number of carbonyl (C=O) groups is 1. The number of hydrogen-bond acceptors (Lipinski definition) is 6. The molecule has 1 aliphatic heterocycles. The molecule has 0 N–H and O–H groups in total. The molecule has 0 saturated carbocycles. The van der Waals surface area contributed by atoms with Crippen LogP contribution in [0.2, 0.25) is 0 Å². The van der Waals surface area contributed by atoms with Gasteiger partial charge in [0, 0.05) is 41.1 Å². The summed E-state index contributed by atoms with van der Waals surface area (Å²) in [6.45, 7) is 0.588. The first-order chi connectivity index (χ1) is 16.1. The minimum absolute atomic E-state index is 0.0936. The van der Waals surface area contributed by atoms with Gasteiger partial charge in [-0.15, -0.1) is 0 Å². The summed E-state index contributed by atoms with van der Waals surface area (Å²) in [5.74, 6) is -0.00242. The van der Waals surface area contributed by atoms with Gasteiger partial charge in [0.15, 0.2) is 5.69 Å². The number of aryl methyl sites for hydroxylation is 1. The van der Waals surface area contributed by atoms with Gasteiger partial charge in [0.25, 0.3) is 6.43 Å². The fourth-order valence-electron chi connectivity index (χ4n) is 4.33. The molecule has 2 aromatic carbocycles. The molecule has 1 aliphatic rings. The van der Waals surface area contributed by atoms with E-state index in [2.05, 4.69) is 15.0 Å². The van der Waals surface area contributed by atoms with E-state index in [0.29, 0.717) is 29.2 Å². The maximum Gasteiger partial charge on any atom is 0.356 e. The highest BCUT2D eigenvalue weighted by molar-refractivity contribution is 6.00. The number of alkyl halides is 2. The molecule has 0 amide bonds. The van der Waals surface area contributed by atoms with Crippen molar-refractivity contribution in [2.75, 3.05) is 18.6 Å². The molecule has 5 rings (SSSR count). The van der Waals surface area contributed by atoms with Crippen molar-refractivity contribution in [1.82, 2.24) is 15.0 Å². The summed E-state index contributed by atoms with van der Waals surface area (Å²) < 4.78 is 33.2. The summed E-state index contributed by atoms with van der Waals surface area (Å²) >= 11 is 0. The number of methoxy groups -OCH3 is 1. The van der Waals surface area contributed by atoms with Gasteiger partial charge >= 0.3 is 5.97 Å². The summed E-state index contributed by atoms with van der Waals surface area (Å²) in [7, 11) is 1.30. The number of benzene rings is 2. The smallest absolute Gasteiger partial charge is 0.356 e. The Bertz CT molecular complexity index is 1350. The Morgan fingerprint density at radius 1 is 1.12 bits per heavy atom. The van der Waals surface area contributed by atoms with E-state index in [-0.39, 0.29) is 11.3 Å². The van der Waals surface area contributed by atoms with E-state index in [1.54, 1.807) is 12.1 Å². The standard InChI is InChI=1S/C25H20F2N4O2/c1-33-25(32)21-10-15-5-2-3-7-18(15)24(30-21)31-8-4-6-16-9-19(17-12-28-14-29-13-17)20(23(26)27)11-22(16)31/h2-3,5,7,9-14,23H,4,6,8H2,1H3. The van der Waals surface area contributed by atoms with Crippen LogP contribution in [0.25, 0.3) is 21.9 Å². The first kappa shape index (κ1) is 20.9. The summed E-state index contributed by atoms with van der Waals surface area (Å²) in [5, 5.41) is 1.65. The molecule has 0 radical (unpaired) electrons. The van der Waals surface area contributed by atoms with Gasteiger partial charge in [-0.25, -0.2) is 28.5 Å². The van der Waals surface area contributed by atoms with E-state index in [1.165, 1.54) is 31.9 Å². The van der Waals surface area contributed by atoms with Crippen molar-refractivity contribution in [3.63, 3.8) is 0 Å². The Hall–Kier alpha value is -3.94. The second kappa shape index (κ2) is 8.54. The number of esters is 1. The molecule has 2 aromatic heterocycles. The molecule has 0 aliphatic carbocycles. The normalized spacial score (nSPS) is 13.3. The van der Waals surface area contributed by atoms with Crippen LogP contribution in [-0.4, -0.2) is 34.6 Å². The monoisotopic (exact) mass is 446 g/mol. The molecule has 0 spiro atoms. The third-order valence-corrected chi connectivity index (χ3v) is 5.85. The Balaban J connectivity index is 1.72. The van der Waals surface area contributed by atoms with Crippen LogP contribution < -0.4 is 4.90 Å². The van der Waals surface area contributed by atoms with Gasteiger partial charge < -0.3 is 9.64 Å². The van der Waals surface area contributed by atoms with Gasteiger partial charge in [0.05, 0.1) is 7.11 Å². The number of carbonyl (C=O) groups excluding carboxylic acids is 1. The molecular formula is C25H20F2N4O2. The molecule has 0 unspecified atom stereocenters. The topological polar surface area (TPSA) is 68.2 Å². The number of pyridine rings is 1. The largest absolute Gasteiger partial charge is 0.464 e. The van der Waals surface area contributed by atoms with Crippen LogP contribution in [-0.2, 0) is 11.2 Å². The lowest BCUT2D eigenvalue weighted by molar-refractivity contribution is 0.0594. The first-order valence-electron chi connectivity index (χ1n) is 10.5. The molecule has 166 valence electrons. The van der Waals surface area contributed by atoms with E-state index < -0.39 is 12.4 Å². The number of ether oxygens (including phenoxy) is 1. The fraction of sp³-hybridized carbons (Fsp3) is 0.200. The van der Waals surface area contributed by atoms with Crippen molar-refractivity contribution in [1.29, 1.82) is 0 Å². The molecule has 33 heavy (non-hydrogen) atoms. The van der Waals surface area contributed by atoms with Crippen LogP contribution in [0.4, 0.5) is 20.3 Å². The lowest BCUT2D eigenvalue weighted by Crippen LogP contribution is -2.26. The maximum atomic E-state index is 14.1. The average Bonchev–Trinajstić information content (AvgIpc) is 2.86. The zero-order chi connectivity index (χ0) is 22.9. The van der Waals surface area contributed by atoms with Gasteiger partial charge in [-0.3, -0.25) is 0 Å². The Morgan fingerprint density at radius 2 is 1.91 bits per heavy atom. The quantitative estimate of drug-likeness (QED) is 0.386. The lowest BCUT2D eigenvalue weighted by atomic mass is 9.92. The zero-order valence-corrected chi connectivity index (χ0v) is 17.8. The maximum absolute atomic E-state index is 14.1. The van der Waals surface area contributed by atoms with Crippen molar-refractivity contribution >= 4 is 28.2 Å². The number of halogens is 2. The van der Waals surface area contributed by atoms with E-state index in [4.69, 9.17) is 4.74 Å². The molecule has 3 heterocycles. The van der Waals surface area contributed by atoms with Crippen LogP contribution >= 0.6 is 0 Å². The average molecular weight is 446 g/mol.